The van der Waals surface area contributed by atoms with Crippen LogP contribution < -0.4 is 0 Å². The molecule has 1 saturated heterocycles. The van der Waals surface area contributed by atoms with Gasteiger partial charge < -0.3 is 9.84 Å². The van der Waals surface area contributed by atoms with Crippen molar-refractivity contribution in [1.82, 2.24) is 4.90 Å². The Labute approximate surface area is 112 Å². The van der Waals surface area contributed by atoms with Crippen molar-refractivity contribution in [3.63, 3.8) is 0 Å². The van der Waals surface area contributed by atoms with E-state index in [1.54, 1.807) is 0 Å². The van der Waals surface area contributed by atoms with Crippen molar-refractivity contribution in [2.24, 2.45) is 11.3 Å². The molecular formula is C15H29NO2. The van der Waals surface area contributed by atoms with Crippen LogP contribution in [0.4, 0.5) is 0 Å². The summed E-state index contributed by atoms with van der Waals surface area (Å²) < 4.78 is 5.73. The summed E-state index contributed by atoms with van der Waals surface area (Å²) in [7, 11) is 0. The number of nitrogens with zero attached hydrogens (tertiary/aromatic N) is 1. The number of hydrogen-bond acceptors (Lipinski definition) is 3. The van der Waals surface area contributed by atoms with Crippen LogP contribution in [0.5, 0.6) is 0 Å². The molecule has 1 saturated carbocycles. The van der Waals surface area contributed by atoms with Crippen molar-refractivity contribution in [3.05, 3.63) is 0 Å². The number of ether oxygens (including phenoxy) is 1. The van der Waals surface area contributed by atoms with Gasteiger partial charge in [0.1, 0.15) is 0 Å². The molecule has 0 spiro atoms. The Kier molecular flexibility index (Phi) is 5.05. The van der Waals surface area contributed by atoms with E-state index >= 15 is 0 Å². The third-order valence-electron chi connectivity index (χ3n) is 4.76. The van der Waals surface area contributed by atoms with Crippen LogP contribution in [0.1, 0.15) is 46.0 Å². The van der Waals surface area contributed by atoms with Gasteiger partial charge in [-0.25, -0.2) is 0 Å². The monoisotopic (exact) mass is 255 g/mol. The maximum atomic E-state index is 9.86. The molecule has 3 nitrogen and oxygen atoms in total. The molecule has 3 unspecified atom stereocenters. The number of aliphatic hydroxyl groups is 1. The molecule has 0 bridgehead atoms. The van der Waals surface area contributed by atoms with Gasteiger partial charge in [-0.1, -0.05) is 26.7 Å². The van der Waals surface area contributed by atoms with Crippen LogP contribution in [0.15, 0.2) is 0 Å². The smallest absolute Gasteiger partial charge is 0.0700 e. The minimum Gasteiger partial charge on any atom is -0.396 e. The van der Waals surface area contributed by atoms with Gasteiger partial charge in [0.25, 0.3) is 0 Å². The zero-order valence-electron chi connectivity index (χ0n) is 12.0. The number of morpholine rings is 1. The van der Waals surface area contributed by atoms with Crippen LogP contribution in [0.2, 0.25) is 0 Å². The van der Waals surface area contributed by atoms with Gasteiger partial charge in [0, 0.05) is 31.7 Å². The fraction of sp³-hybridized carbons (Fsp3) is 1.00. The lowest BCUT2D eigenvalue weighted by Gasteiger charge is -2.44. The molecule has 2 rings (SSSR count). The van der Waals surface area contributed by atoms with Gasteiger partial charge >= 0.3 is 0 Å². The molecule has 0 aromatic heterocycles. The Bertz CT molecular complexity index is 259. The zero-order chi connectivity index (χ0) is 13.0. The maximum absolute atomic E-state index is 9.86. The Morgan fingerprint density at radius 3 is 2.94 bits per heavy atom. The molecule has 1 aliphatic heterocycles. The van der Waals surface area contributed by atoms with Gasteiger partial charge in [-0.3, -0.25) is 4.90 Å². The van der Waals surface area contributed by atoms with Crippen molar-refractivity contribution >= 4 is 0 Å². The van der Waals surface area contributed by atoms with Gasteiger partial charge in [0.15, 0.2) is 0 Å². The quantitative estimate of drug-likeness (QED) is 0.836. The standard InChI is InChI=1S/C15H29NO2/c1-3-14-10-16(7-8-18-14)11-15(12-17)6-4-5-13(2)9-15/h13-14,17H,3-12H2,1-2H3. The van der Waals surface area contributed by atoms with Crippen molar-refractivity contribution < 1.29 is 9.84 Å². The SMILES string of the molecule is CCC1CN(CC2(CO)CCCC(C)C2)CCO1. The Morgan fingerprint density at radius 2 is 2.28 bits per heavy atom. The van der Waals surface area contributed by atoms with E-state index in [1.165, 1.54) is 25.7 Å². The van der Waals surface area contributed by atoms with Gasteiger partial charge in [0.2, 0.25) is 0 Å². The van der Waals surface area contributed by atoms with Crippen LogP contribution in [0, 0.1) is 11.3 Å². The van der Waals surface area contributed by atoms with Crippen molar-refractivity contribution in [2.45, 2.75) is 52.1 Å². The Morgan fingerprint density at radius 1 is 1.44 bits per heavy atom. The highest BCUT2D eigenvalue weighted by atomic mass is 16.5. The van der Waals surface area contributed by atoms with Gasteiger partial charge in [0.05, 0.1) is 12.7 Å². The summed E-state index contributed by atoms with van der Waals surface area (Å²) in [4.78, 5) is 2.52. The molecule has 2 fully saturated rings. The summed E-state index contributed by atoms with van der Waals surface area (Å²) in [5.41, 5.74) is 0.160. The molecule has 3 heteroatoms. The zero-order valence-corrected chi connectivity index (χ0v) is 12.0. The molecule has 2 aliphatic rings. The molecule has 0 aromatic rings. The largest absolute Gasteiger partial charge is 0.396 e. The van der Waals surface area contributed by atoms with Gasteiger partial charge in [-0.05, 0) is 25.2 Å². The number of aliphatic hydroxyl groups excluding tert-OH is 1. The first-order valence-corrected chi connectivity index (χ1v) is 7.62. The molecule has 1 aliphatic carbocycles. The van der Waals surface area contributed by atoms with E-state index in [1.807, 2.05) is 0 Å². The topological polar surface area (TPSA) is 32.7 Å². The summed E-state index contributed by atoms with van der Waals surface area (Å²) in [6, 6.07) is 0. The second-order valence-electron chi connectivity index (χ2n) is 6.50. The molecule has 1 N–H and O–H groups in total. The molecule has 18 heavy (non-hydrogen) atoms. The summed E-state index contributed by atoms with van der Waals surface area (Å²) in [5.74, 6) is 0.772. The van der Waals surface area contributed by atoms with E-state index in [0.29, 0.717) is 12.7 Å². The lowest BCUT2D eigenvalue weighted by molar-refractivity contribution is -0.0579. The Hall–Kier alpha value is -0.120. The third-order valence-corrected chi connectivity index (χ3v) is 4.76. The number of rotatable bonds is 4. The van der Waals surface area contributed by atoms with E-state index in [0.717, 1.165) is 38.6 Å². The second-order valence-corrected chi connectivity index (χ2v) is 6.50. The fourth-order valence-corrected chi connectivity index (χ4v) is 3.75. The van der Waals surface area contributed by atoms with E-state index in [2.05, 4.69) is 18.7 Å². The van der Waals surface area contributed by atoms with Crippen LogP contribution >= 0.6 is 0 Å². The lowest BCUT2D eigenvalue weighted by Crippen LogP contribution is -2.49. The van der Waals surface area contributed by atoms with E-state index < -0.39 is 0 Å². The highest BCUT2D eigenvalue weighted by molar-refractivity contribution is 4.88. The van der Waals surface area contributed by atoms with E-state index in [-0.39, 0.29) is 5.41 Å². The lowest BCUT2D eigenvalue weighted by atomic mass is 9.70. The first-order valence-electron chi connectivity index (χ1n) is 7.62. The van der Waals surface area contributed by atoms with Gasteiger partial charge in [-0.15, -0.1) is 0 Å². The summed E-state index contributed by atoms with van der Waals surface area (Å²) in [6.07, 6.45) is 6.50. The van der Waals surface area contributed by atoms with Crippen LogP contribution in [-0.4, -0.2) is 49.0 Å². The summed E-state index contributed by atoms with van der Waals surface area (Å²) in [6.45, 7) is 8.88. The third kappa shape index (κ3) is 3.46. The average Bonchev–Trinajstić information content (AvgIpc) is 2.39. The van der Waals surface area contributed by atoms with Gasteiger partial charge in [-0.2, -0.15) is 0 Å². The molecular weight excluding hydrogens is 226 g/mol. The normalized spacial score (nSPS) is 38.8. The number of hydrogen-bond donors (Lipinski definition) is 1. The Balaban J connectivity index is 1.92. The molecule has 3 atom stereocenters. The maximum Gasteiger partial charge on any atom is 0.0700 e. The summed E-state index contributed by atoms with van der Waals surface area (Å²) in [5, 5.41) is 9.86. The van der Waals surface area contributed by atoms with Crippen LogP contribution in [-0.2, 0) is 4.74 Å². The first-order chi connectivity index (χ1) is 8.67. The highest BCUT2D eigenvalue weighted by Crippen LogP contribution is 2.39. The first kappa shape index (κ1) is 14.3. The average molecular weight is 255 g/mol. The van der Waals surface area contributed by atoms with E-state index in [9.17, 15) is 5.11 Å². The van der Waals surface area contributed by atoms with Crippen LogP contribution in [0.25, 0.3) is 0 Å². The molecule has 0 radical (unpaired) electrons. The van der Waals surface area contributed by atoms with Crippen molar-refractivity contribution in [2.75, 3.05) is 32.8 Å². The van der Waals surface area contributed by atoms with Crippen molar-refractivity contribution in [3.8, 4) is 0 Å². The summed E-state index contributed by atoms with van der Waals surface area (Å²) >= 11 is 0. The molecule has 106 valence electrons. The molecule has 1 heterocycles. The molecule has 0 aromatic carbocycles. The fourth-order valence-electron chi connectivity index (χ4n) is 3.75. The highest BCUT2D eigenvalue weighted by Gasteiger charge is 2.36. The van der Waals surface area contributed by atoms with Crippen molar-refractivity contribution in [1.29, 1.82) is 0 Å². The second kappa shape index (κ2) is 6.36. The minimum absolute atomic E-state index is 0.160. The van der Waals surface area contributed by atoms with E-state index in [4.69, 9.17) is 4.74 Å². The molecule has 0 amide bonds. The minimum atomic E-state index is 0.160. The predicted octanol–water partition coefficient (Wildman–Crippen LogP) is 2.29. The predicted molar refractivity (Wildman–Crippen MR) is 73.6 cm³/mol. The van der Waals surface area contributed by atoms with Crippen LogP contribution in [0.3, 0.4) is 0 Å².